The number of benzene rings is 1. The van der Waals surface area contributed by atoms with Crippen LogP contribution in [0.1, 0.15) is 16.8 Å². The van der Waals surface area contributed by atoms with Crippen LogP contribution in [0.3, 0.4) is 0 Å². The molecular weight excluding hydrogens is 306 g/mol. The van der Waals surface area contributed by atoms with Crippen molar-refractivity contribution in [3.8, 4) is 0 Å². The van der Waals surface area contributed by atoms with Gasteiger partial charge in [0.05, 0.1) is 30.2 Å². The molecule has 1 saturated heterocycles. The Morgan fingerprint density at radius 1 is 1.00 bits per heavy atom. The highest BCUT2D eigenvalue weighted by molar-refractivity contribution is 6.22. The predicted octanol–water partition coefficient (Wildman–Crippen LogP) is 2.03. The second-order valence-corrected chi connectivity index (χ2v) is 7.20. The Morgan fingerprint density at radius 3 is 2.04 bits per heavy atom. The minimum atomic E-state index is -0.434. The van der Waals surface area contributed by atoms with Crippen LogP contribution < -0.4 is 4.90 Å². The lowest BCUT2D eigenvalue weighted by Crippen LogP contribution is -2.40. The van der Waals surface area contributed by atoms with E-state index in [1.54, 1.807) is 24.3 Å². The Morgan fingerprint density at radius 2 is 1.54 bits per heavy atom. The fraction of sp³-hybridized carbons (Fsp3) is 0.421. The van der Waals surface area contributed by atoms with E-state index in [1.807, 2.05) is 0 Å². The van der Waals surface area contributed by atoms with E-state index in [4.69, 9.17) is 0 Å². The fourth-order valence-corrected chi connectivity index (χ4v) is 5.08. The second kappa shape index (κ2) is 4.56. The average molecular weight is 323 g/mol. The summed E-state index contributed by atoms with van der Waals surface area (Å²) < 4.78 is 4.68. The largest absolute Gasteiger partial charge is 0.465 e. The number of methoxy groups -OCH3 is 1. The number of imide groups is 1. The molecule has 2 amide bonds. The van der Waals surface area contributed by atoms with Gasteiger partial charge in [-0.15, -0.1) is 0 Å². The maximum absolute atomic E-state index is 13.0. The van der Waals surface area contributed by atoms with E-state index in [9.17, 15) is 14.4 Å². The van der Waals surface area contributed by atoms with Gasteiger partial charge in [-0.2, -0.15) is 0 Å². The molecule has 2 saturated carbocycles. The van der Waals surface area contributed by atoms with Crippen molar-refractivity contribution in [2.75, 3.05) is 12.0 Å². The number of carbonyl (C=O) groups excluding carboxylic acids is 3. The van der Waals surface area contributed by atoms with E-state index >= 15 is 0 Å². The molecule has 3 fully saturated rings. The average Bonchev–Trinajstić information content (AvgIpc) is 3.39. The molecule has 122 valence electrons. The van der Waals surface area contributed by atoms with Gasteiger partial charge in [-0.05, 0) is 54.4 Å². The smallest absolute Gasteiger partial charge is 0.337 e. The molecule has 5 aliphatic rings. The summed E-state index contributed by atoms with van der Waals surface area (Å²) in [6.07, 6.45) is 5.48. The Balaban J connectivity index is 1.49. The molecule has 4 aliphatic carbocycles. The maximum Gasteiger partial charge on any atom is 0.337 e. The van der Waals surface area contributed by atoms with E-state index in [-0.39, 0.29) is 35.5 Å². The van der Waals surface area contributed by atoms with Crippen molar-refractivity contribution in [1.29, 1.82) is 0 Å². The van der Waals surface area contributed by atoms with Crippen LogP contribution in [-0.2, 0) is 14.3 Å². The lowest BCUT2D eigenvalue weighted by molar-refractivity contribution is -0.124. The summed E-state index contributed by atoms with van der Waals surface area (Å²) in [6, 6.07) is 6.48. The molecule has 0 unspecified atom stereocenters. The van der Waals surface area contributed by atoms with Crippen LogP contribution in [0.15, 0.2) is 36.4 Å². The Kier molecular flexibility index (Phi) is 2.65. The number of allylic oxidation sites excluding steroid dienone is 2. The number of esters is 1. The van der Waals surface area contributed by atoms with Crippen molar-refractivity contribution in [2.24, 2.45) is 35.5 Å². The first-order chi connectivity index (χ1) is 11.6. The first kappa shape index (κ1) is 14.0. The van der Waals surface area contributed by atoms with Crippen molar-refractivity contribution in [3.63, 3.8) is 0 Å². The number of rotatable bonds is 2. The molecule has 1 aromatic carbocycles. The third-order valence-electron chi connectivity index (χ3n) is 6.21. The van der Waals surface area contributed by atoms with Crippen molar-refractivity contribution in [3.05, 3.63) is 42.0 Å². The monoisotopic (exact) mass is 323 g/mol. The molecule has 2 bridgehead atoms. The molecular formula is C19H17NO4. The zero-order chi connectivity index (χ0) is 16.6. The van der Waals surface area contributed by atoms with E-state index < -0.39 is 5.97 Å². The summed E-state index contributed by atoms with van der Waals surface area (Å²) in [6.45, 7) is 0. The van der Waals surface area contributed by atoms with E-state index in [0.29, 0.717) is 23.1 Å². The van der Waals surface area contributed by atoms with E-state index in [0.717, 1.165) is 6.42 Å². The van der Waals surface area contributed by atoms with Gasteiger partial charge in [0.25, 0.3) is 0 Å². The van der Waals surface area contributed by atoms with Crippen LogP contribution in [0.25, 0.3) is 0 Å². The Hall–Kier alpha value is -2.43. The lowest BCUT2D eigenvalue weighted by Gasteiger charge is -2.37. The summed E-state index contributed by atoms with van der Waals surface area (Å²) in [5, 5.41) is 0. The molecule has 6 atom stereocenters. The summed E-state index contributed by atoms with van der Waals surface area (Å²) in [5.41, 5.74) is 0.945. The SMILES string of the molecule is COC(=O)c1ccc(N2C(=O)[C@@H]3[C@@H]4C=C[C@@H]([C@H]5C[C@@H]45)[C@@H]3C2=O)cc1. The first-order valence-electron chi connectivity index (χ1n) is 8.36. The molecule has 0 N–H and O–H groups in total. The molecule has 24 heavy (non-hydrogen) atoms. The van der Waals surface area contributed by atoms with Crippen molar-refractivity contribution < 1.29 is 19.1 Å². The maximum atomic E-state index is 13.0. The van der Waals surface area contributed by atoms with E-state index in [2.05, 4.69) is 16.9 Å². The van der Waals surface area contributed by atoms with Gasteiger partial charge in [-0.25, -0.2) is 4.79 Å². The quantitative estimate of drug-likeness (QED) is 0.475. The van der Waals surface area contributed by atoms with Crippen LogP contribution in [-0.4, -0.2) is 24.9 Å². The number of amides is 2. The van der Waals surface area contributed by atoms with Crippen molar-refractivity contribution in [1.82, 2.24) is 0 Å². The minimum absolute atomic E-state index is 0.0829. The Bertz CT molecular complexity index is 760. The molecule has 6 rings (SSSR count). The van der Waals surface area contributed by atoms with Gasteiger partial charge in [0.15, 0.2) is 0 Å². The van der Waals surface area contributed by atoms with Gasteiger partial charge >= 0.3 is 5.97 Å². The first-order valence-corrected chi connectivity index (χ1v) is 8.36. The zero-order valence-electron chi connectivity index (χ0n) is 13.2. The number of ether oxygens (including phenoxy) is 1. The van der Waals surface area contributed by atoms with E-state index in [1.165, 1.54) is 12.0 Å². The summed E-state index contributed by atoms with van der Waals surface area (Å²) in [4.78, 5) is 38.8. The standard InChI is InChI=1S/C19H17NO4/c1-24-19(23)9-2-4-10(5-3-9)20-17(21)15-11-6-7-12(14-8-13(11)14)16(15)18(20)22/h2-7,11-16H,8H2,1H3/t11-,12+,13+,14-,15-,16+. The van der Waals surface area contributed by atoms with Gasteiger partial charge < -0.3 is 4.74 Å². The third kappa shape index (κ3) is 1.62. The molecule has 5 heteroatoms. The van der Waals surface area contributed by atoms with Crippen molar-refractivity contribution >= 4 is 23.5 Å². The minimum Gasteiger partial charge on any atom is -0.465 e. The normalized spacial score (nSPS) is 38.1. The number of hydrogen-bond acceptors (Lipinski definition) is 4. The third-order valence-corrected chi connectivity index (χ3v) is 6.21. The fourth-order valence-electron chi connectivity index (χ4n) is 5.08. The number of nitrogens with zero attached hydrogens (tertiary/aromatic N) is 1. The molecule has 0 radical (unpaired) electrons. The van der Waals surface area contributed by atoms with Gasteiger partial charge in [0.2, 0.25) is 11.8 Å². The molecule has 1 aromatic rings. The second-order valence-electron chi connectivity index (χ2n) is 7.20. The predicted molar refractivity (Wildman–Crippen MR) is 85.0 cm³/mol. The van der Waals surface area contributed by atoms with Crippen molar-refractivity contribution in [2.45, 2.75) is 6.42 Å². The molecule has 1 heterocycles. The topological polar surface area (TPSA) is 63.7 Å². The molecule has 0 spiro atoms. The van der Waals surface area contributed by atoms with Gasteiger partial charge in [-0.3, -0.25) is 14.5 Å². The molecule has 1 aliphatic heterocycles. The highest BCUT2D eigenvalue weighted by Gasteiger charge is 2.67. The Labute approximate surface area is 139 Å². The zero-order valence-corrected chi connectivity index (χ0v) is 13.2. The molecule has 0 aromatic heterocycles. The summed E-state index contributed by atoms with van der Waals surface area (Å²) >= 11 is 0. The van der Waals surface area contributed by atoms with Gasteiger partial charge in [0, 0.05) is 0 Å². The van der Waals surface area contributed by atoms with Crippen LogP contribution in [0.2, 0.25) is 0 Å². The highest BCUT2D eigenvalue weighted by Crippen LogP contribution is 2.65. The number of anilines is 1. The number of carbonyl (C=O) groups is 3. The van der Waals surface area contributed by atoms with Gasteiger partial charge in [-0.1, -0.05) is 12.2 Å². The van der Waals surface area contributed by atoms with Gasteiger partial charge in [0.1, 0.15) is 0 Å². The highest BCUT2D eigenvalue weighted by atomic mass is 16.5. The summed E-state index contributed by atoms with van der Waals surface area (Å²) in [5.74, 6) is 0.645. The number of hydrogen-bond donors (Lipinski definition) is 0. The van der Waals surface area contributed by atoms with Crippen LogP contribution in [0, 0.1) is 35.5 Å². The van der Waals surface area contributed by atoms with Crippen LogP contribution >= 0.6 is 0 Å². The summed E-state index contributed by atoms with van der Waals surface area (Å²) in [7, 11) is 1.32. The molecule has 5 nitrogen and oxygen atoms in total. The lowest BCUT2D eigenvalue weighted by atomic mass is 9.63. The van der Waals surface area contributed by atoms with Crippen LogP contribution in [0.4, 0.5) is 5.69 Å². The van der Waals surface area contributed by atoms with Crippen LogP contribution in [0.5, 0.6) is 0 Å².